The highest BCUT2D eigenvalue weighted by Gasteiger charge is 2.14. The van der Waals surface area contributed by atoms with E-state index in [-0.39, 0.29) is 11.9 Å². The number of benzene rings is 1. The summed E-state index contributed by atoms with van der Waals surface area (Å²) in [5.74, 6) is -0.163. The van der Waals surface area contributed by atoms with Crippen molar-refractivity contribution < 1.29 is 4.79 Å². The summed E-state index contributed by atoms with van der Waals surface area (Å²) in [6.45, 7) is 2.43. The maximum atomic E-state index is 12.2. The zero-order chi connectivity index (χ0) is 13.0. The molecule has 4 nitrogen and oxygen atoms in total. The van der Waals surface area contributed by atoms with Crippen LogP contribution in [0.15, 0.2) is 36.5 Å². The molecule has 0 saturated heterocycles. The third kappa shape index (κ3) is 2.49. The lowest BCUT2D eigenvalue weighted by Crippen LogP contribution is -2.40. The number of hydrogen-bond acceptors (Lipinski definition) is 3. The fraction of sp³-hybridized carbons (Fsp3) is 0.286. The molecule has 1 heterocycles. The first kappa shape index (κ1) is 12.5. The zero-order valence-corrected chi connectivity index (χ0v) is 10.4. The number of hydrogen-bond donors (Lipinski definition) is 2. The van der Waals surface area contributed by atoms with Crippen LogP contribution in [0.5, 0.6) is 0 Å². The maximum Gasteiger partial charge on any atom is 0.270 e. The molecule has 0 aliphatic heterocycles. The van der Waals surface area contributed by atoms with Gasteiger partial charge in [0.2, 0.25) is 0 Å². The van der Waals surface area contributed by atoms with E-state index in [9.17, 15) is 4.79 Å². The van der Waals surface area contributed by atoms with Gasteiger partial charge in [-0.15, -0.1) is 0 Å². The molecule has 3 N–H and O–H groups in total. The lowest BCUT2D eigenvalue weighted by atomic mass is 10.1. The van der Waals surface area contributed by atoms with Crippen molar-refractivity contribution in [1.82, 2.24) is 10.3 Å². The molecule has 0 aliphatic carbocycles. The number of fused-ring (bicyclic) bond motifs is 1. The maximum absolute atomic E-state index is 12.2. The Kier molecular flexibility index (Phi) is 3.89. The van der Waals surface area contributed by atoms with Crippen molar-refractivity contribution in [1.29, 1.82) is 0 Å². The van der Waals surface area contributed by atoms with E-state index in [4.69, 9.17) is 5.73 Å². The average Bonchev–Trinajstić information content (AvgIpc) is 2.43. The van der Waals surface area contributed by atoms with E-state index in [2.05, 4.69) is 10.3 Å². The van der Waals surface area contributed by atoms with Gasteiger partial charge in [-0.1, -0.05) is 31.2 Å². The summed E-state index contributed by atoms with van der Waals surface area (Å²) in [5, 5.41) is 4.78. The first-order valence-electron chi connectivity index (χ1n) is 6.11. The van der Waals surface area contributed by atoms with Crippen molar-refractivity contribution in [2.45, 2.75) is 19.4 Å². The highest BCUT2D eigenvalue weighted by molar-refractivity contribution is 6.05. The van der Waals surface area contributed by atoms with Gasteiger partial charge < -0.3 is 11.1 Å². The molecule has 1 atom stereocenters. The molecule has 2 rings (SSSR count). The van der Waals surface area contributed by atoms with E-state index >= 15 is 0 Å². The van der Waals surface area contributed by atoms with Gasteiger partial charge in [-0.3, -0.25) is 9.78 Å². The summed E-state index contributed by atoms with van der Waals surface area (Å²) >= 11 is 0. The summed E-state index contributed by atoms with van der Waals surface area (Å²) in [6.07, 6.45) is 2.47. The minimum absolute atomic E-state index is 0.00160. The molecule has 0 fully saturated rings. The average molecular weight is 243 g/mol. The minimum atomic E-state index is -0.163. The number of carbonyl (C=O) groups is 1. The number of carbonyl (C=O) groups excluding carboxylic acids is 1. The van der Waals surface area contributed by atoms with Crippen LogP contribution < -0.4 is 11.1 Å². The molecule has 2 aromatic rings. The molecule has 0 spiro atoms. The molecule has 1 aromatic heterocycles. The molecule has 1 unspecified atom stereocenters. The second-order valence-corrected chi connectivity index (χ2v) is 4.20. The number of rotatable bonds is 4. The van der Waals surface area contributed by atoms with Crippen molar-refractivity contribution in [3.05, 3.63) is 42.2 Å². The van der Waals surface area contributed by atoms with E-state index in [1.165, 1.54) is 0 Å². The molecular formula is C14H17N3O. The highest BCUT2D eigenvalue weighted by atomic mass is 16.1. The first-order chi connectivity index (χ1) is 8.76. The molecule has 0 radical (unpaired) electrons. The van der Waals surface area contributed by atoms with Crippen LogP contribution in [0.2, 0.25) is 0 Å². The van der Waals surface area contributed by atoms with Crippen LogP contribution >= 0.6 is 0 Å². The third-order valence-corrected chi connectivity index (χ3v) is 3.00. The molecule has 0 aliphatic rings. The van der Waals surface area contributed by atoms with Crippen molar-refractivity contribution in [2.24, 2.45) is 5.73 Å². The predicted molar refractivity (Wildman–Crippen MR) is 72.3 cm³/mol. The van der Waals surface area contributed by atoms with E-state index in [1.807, 2.05) is 37.3 Å². The largest absolute Gasteiger partial charge is 0.347 e. The standard InChI is InChI=1S/C14H17N3O/c1-2-11(9-15)17-14(18)13-12-6-4-3-5-10(12)7-8-16-13/h3-8,11H,2,9,15H2,1H3,(H,17,18). The van der Waals surface area contributed by atoms with Crippen molar-refractivity contribution >= 4 is 16.7 Å². The van der Waals surface area contributed by atoms with E-state index in [1.54, 1.807) is 6.20 Å². The normalized spacial score (nSPS) is 12.3. The smallest absolute Gasteiger partial charge is 0.270 e. The van der Waals surface area contributed by atoms with Gasteiger partial charge in [-0.25, -0.2) is 0 Å². The fourth-order valence-corrected chi connectivity index (χ4v) is 1.88. The summed E-state index contributed by atoms with van der Waals surface area (Å²) in [6, 6.07) is 9.61. The van der Waals surface area contributed by atoms with Gasteiger partial charge in [0.1, 0.15) is 5.69 Å². The quantitative estimate of drug-likeness (QED) is 0.858. The SMILES string of the molecule is CCC(CN)NC(=O)c1nccc2ccccc12. The van der Waals surface area contributed by atoms with E-state index in [0.717, 1.165) is 17.2 Å². The Labute approximate surface area is 106 Å². The van der Waals surface area contributed by atoms with Gasteiger partial charge in [-0.2, -0.15) is 0 Å². The molecule has 1 amide bonds. The number of amides is 1. The fourth-order valence-electron chi connectivity index (χ4n) is 1.88. The van der Waals surface area contributed by atoms with Gasteiger partial charge >= 0.3 is 0 Å². The first-order valence-corrected chi connectivity index (χ1v) is 6.11. The van der Waals surface area contributed by atoms with E-state index in [0.29, 0.717) is 12.2 Å². The predicted octanol–water partition coefficient (Wildman–Crippen LogP) is 1.70. The topological polar surface area (TPSA) is 68.0 Å². The number of nitrogens with two attached hydrogens (primary N) is 1. The van der Waals surface area contributed by atoms with Crippen molar-refractivity contribution in [2.75, 3.05) is 6.54 Å². The van der Waals surface area contributed by atoms with E-state index < -0.39 is 0 Å². The summed E-state index contributed by atoms with van der Waals surface area (Å²) in [5.41, 5.74) is 6.05. The lowest BCUT2D eigenvalue weighted by Gasteiger charge is -2.14. The summed E-state index contributed by atoms with van der Waals surface area (Å²) < 4.78 is 0. The van der Waals surface area contributed by atoms with Gasteiger partial charge in [0, 0.05) is 24.2 Å². The van der Waals surface area contributed by atoms with Crippen LogP contribution in [0.25, 0.3) is 10.8 Å². The van der Waals surface area contributed by atoms with Crippen LogP contribution in [0.1, 0.15) is 23.8 Å². The van der Waals surface area contributed by atoms with Crippen LogP contribution in [0.4, 0.5) is 0 Å². The number of nitrogens with one attached hydrogen (secondary N) is 1. The molecule has 18 heavy (non-hydrogen) atoms. The Morgan fingerprint density at radius 1 is 1.39 bits per heavy atom. The Hall–Kier alpha value is -1.94. The van der Waals surface area contributed by atoms with Crippen LogP contribution in [0.3, 0.4) is 0 Å². The third-order valence-electron chi connectivity index (χ3n) is 3.00. The Morgan fingerprint density at radius 2 is 2.17 bits per heavy atom. The second-order valence-electron chi connectivity index (χ2n) is 4.20. The van der Waals surface area contributed by atoms with Crippen LogP contribution in [0, 0.1) is 0 Å². The lowest BCUT2D eigenvalue weighted by molar-refractivity contribution is 0.0934. The molecule has 0 bridgehead atoms. The molecular weight excluding hydrogens is 226 g/mol. The van der Waals surface area contributed by atoms with Crippen molar-refractivity contribution in [3.8, 4) is 0 Å². The van der Waals surface area contributed by atoms with Crippen LogP contribution in [-0.2, 0) is 0 Å². The molecule has 0 saturated carbocycles. The van der Waals surface area contributed by atoms with Gasteiger partial charge in [0.25, 0.3) is 5.91 Å². The van der Waals surface area contributed by atoms with Crippen LogP contribution in [-0.4, -0.2) is 23.5 Å². The monoisotopic (exact) mass is 243 g/mol. The zero-order valence-electron chi connectivity index (χ0n) is 10.4. The summed E-state index contributed by atoms with van der Waals surface area (Å²) in [4.78, 5) is 16.3. The Morgan fingerprint density at radius 3 is 2.89 bits per heavy atom. The summed E-state index contributed by atoms with van der Waals surface area (Å²) in [7, 11) is 0. The minimum Gasteiger partial charge on any atom is -0.347 e. The molecule has 94 valence electrons. The highest BCUT2D eigenvalue weighted by Crippen LogP contribution is 2.16. The Bertz CT molecular complexity index is 544. The van der Waals surface area contributed by atoms with Crippen molar-refractivity contribution in [3.63, 3.8) is 0 Å². The van der Waals surface area contributed by atoms with Gasteiger partial charge in [0.15, 0.2) is 0 Å². The number of nitrogens with zero attached hydrogens (tertiary/aromatic N) is 1. The Balaban J connectivity index is 2.33. The van der Waals surface area contributed by atoms with Gasteiger partial charge in [0.05, 0.1) is 0 Å². The second kappa shape index (κ2) is 5.60. The molecule has 1 aromatic carbocycles. The number of aromatic nitrogens is 1. The van der Waals surface area contributed by atoms with Gasteiger partial charge in [-0.05, 0) is 17.9 Å². The molecule has 4 heteroatoms. The number of pyridine rings is 1.